The van der Waals surface area contributed by atoms with E-state index in [1.54, 1.807) is 0 Å². The van der Waals surface area contributed by atoms with Crippen LogP contribution in [0.5, 0.6) is 0 Å². The monoisotopic (exact) mass is 319 g/mol. The molecule has 5 nitrogen and oxygen atoms in total. The van der Waals surface area contributed by atoms with E-state index in [0.29, 0.717) is 4.88 Å². The number of nitrogens with zero attached hydrogens (tertiary/aromatic N) is 1. The fourth-order valence-corrected chi connectivity index (χ4v) is 4.83. The largest absolute Gasteiger partial charge is 0.314 e. The van der Waals surface area contributed by atoms with Gasteiger partial charge in [-0.2, -0.15) is 0 Å². The maximum Gasteiger partial charge on any atom is 0.314 e. The van der Waals surface area contributed by atoms with Crippen LogP contribution >= 0.6 is 37.9 Å². The van der Waals surface area contributed by atoms with Gasteiger partial charge in [-0.1, -0.05) is 0 Å². The van der Waals surface area contributed by atoms with Crippen LogP contribution in [-0.2, 0) is 9.05 Å². The molecule has 1 heterocycles. The third-order valence-corrected chi connectivity index (χ3v) is 4.71. The molecule has 1 aromatic rings. The normalized spacial score (nSPS) is 11.6. The van der Waals surface area contributed by atoms with E-state index < -0.39 is 24.6 Å². The molecule has 78 valence electrons. The molecule has 0 aliphatic heterocycles. The Morgan fingerprint density at radius 1 is 1.57 bits per heavy atom. The van der Waals surface area contributed by atoms with Crippen LogP contribution < -0.4 is 0 Å². The highest BCUT2D eigenvalue weighted by Crippen LogP contribution is 2.42. The molecular formula is C5H3BrClNO4S2. The van der Waals surface area contributed by atoms with Crippen molar-refractivity contribution in [1.29, 1.82) is 0 Å². The number of rotatable bonds is 2. The fourth-order valence-electron chi connectivity index (χ4n) is 0.927. The summed E-state index contributed by atoms with van der Waals surface area (Å²) in [6.45, 7) is 1.46. The van der Waals surface area contributed by atoms with E-state index >= 15 is 0 Å². The molecule has 0 spiro atoms. The average molecular weight is 321 g/mol. The fraction of sp³-hybridized carbons (Fsp3) is 0.200. The van der Waals surface area contributed by atoms with Crippen LogP contribution in [0.1, 0.15) is 4.88 Å². The van der Waals surface area contributed by atoms with E-state index in [1.165, 1.54) is 6.92 Å². The summed E-state index contributed by atoms with van der Waals surface area (Å²) in [6, 6.07) is 0. The molecule has 0 saturated heterocycles. The molecule has 14 heavy (non-hydrogen) atoms. The van der Waals surface area contributed by atoms with Crippen molar-refractivity contribution in [2.45, 2.75) is 11.8 Å². The van der Waals surface area contributed by atoms with E-state index in [2.05, 4.69) is 15.9 Å². The van der Waals surface area contributed by atoms with Gasteiger partial charge >= 0.3 is 5.69 Å². The third-order valence-electron chi connectivity index (χ3n) is 1.39. The molecule has 0 amide bonds. The summed E-state index contributed by atoms with van der Waals surface area (Å²) in [5.41, 5.74) is -0.498. The maximum absolute atomic E-state index is 11.0. The molecule has 0 saturated carbocycles. The Labute approximate surface area is 96.4 Å². The van der Waals surface area contributed by atoms with Crippen LogP contribution in [0.15, 0.2) is 8.68 Å². The number of aryl methyl sites for hydroxylation is 1. The molecule has 0 aliphatic rings. The van der Waals surface area contributed by atoms with Crippen LogP contribution in [0.25, 0.3) is 0 Å². The minimum absolute atomic E-state index is 0.152. The number of hydrogen-bond acceptors (Lipinski definition) is 5. The van der Waals surface area contributed by atoms with Crippen LogP contribution in [0.2, 0.25) is 0 Å². The maximum atomic E-state index is 11.0. The van der Waals surface area contributed by atoms with Crippen molar-refractivity contribution >= 4 is 52.7 Å². The Balaban J connectivity index is 3.65. The van der Waals surface area contributed by atoms with Crippen molar-refractivity contribution in [2.75, 3.05) is 0 Å². The minimum atomic E-state index is -4.08. The van der Waals surface area contributed by atoms with Gasteiger partial charge in [0.25, 0.3) is 9.05 Å². The van der Waals surface area contributed by atoms with E-state index in [-0.39, 0.29) is 3.79 Å². The second-order valence-corrected chi connectivity index (χ2v) is 7.35. The lowest BCUT2D eigenvalue weighted by molar-refractivity contribution is -0.388. The highest BCUT2D eigenvalue weighted by atomic mass is 79.9. The van der Waals surface area contributed by atoms with Gasteiger partial charge in [-0.3, -0.25) is 10.1 Å². The van der Waals surface area contributed by atoms with Crippen molar-refractivity contribution < 1.29 is 13.3 Å². The van der Waals surface area contributed by atoms with Gasteiger partial charge in [-0.05, 0) is 22.9 Å². The van der Waals surface area contributed by atoms with Gasteiger partial charge in [0, 0.05) is 15.6 Å². The van der Waals surface area contributed by atoms with Gasteiger partial charge in [0.05, 0.1) is 4.92 Å². The minimum Gasteiger partial charge on any atom is -0.258 e. The van der Waals surface area contributed by atoms with E-state index in [1.807, 2.05) is 0 Å². The highest BCUT2D eigenvalue weighted by Gasteiger charge is 2.32. The number of halogens is 2. The Kier molecular flexibility index (Phi) is 3.20. The average Bonchev–Trinajstić information content (AvgIpc) is 2.23. The highest BCUT2D eigenvalue weighted by molar-refractivity contribution is 9.11. The predicted octanol–water partition coefficient (Wildman–Crippen LogP) is 2.65. The summed E-state index contributed by atoms with van der Waals surface area (Å²) in [5, 5.41) is 10.6. The first-order chi connectivity index (χ1) is 6.25. The molecule has 1 rings (SSSR count). The van der Waals surface area contributed by atoms with Crippen LogP contribution in [0, 0.1) is 17.0 Å². The molecule has 1 aromatic heterocycles. The molecular weight excluding hydrogens is 318 g/mol. The summed E-state index contributed by atoms with van der Waals surface area (Å²) >= 11 is 3.88. The number of thiophene rings is 1. The molecule has 0 aromatic carbocycles. The molecule has 0 aliphatic carbocycles. The zero-order valence-electron chi connectivity index (χ0n) is 6.65. The molecule has 0 fully saturated rings. The zero-order valence-corrected chi connectivity index (χ0v) is 10.6. The van der Waals surface area contributed by atoms with E-state index in [9.17, 15) is 18.5 Å². The van der Waals surface area contributed by atoms with Crippen LogP contribution in [-0.4, -0.2) is 13.3 Å². The van der Waals surface area contributed by atoms with Crippen molar-refractivity contribution in [2.24, 2.45) is 0 Å². The zero-order chi connectivity index (χ0) is 11.1. The lowest BCUT2D eigenvalue weighted by atomic mass is 10.4. The summed E-state index contributed by atoms with van der Waals surface area (Å²) in [6.07, 6.45) is 0. The molecule has 0 bridgehead atoms. The van der Waals surface area contributed by atoms with Crippen molar-refractivity contribution in [3.8, 4) is 0 Å². The first-order valence-electron chi connectivity index (χ1n) is 3.13. The number of nitro groups is 1. The summed E-state index contributed by atoms with van der Waals surface area (Å²) in [4.78, 5) is 9.65. The standard InChI is InChI=1S/C5H3BrClNO4S2/c1-2-4(14(7,11)12)3(8(9)10)5(6)13-2/h1H3. The summed E-state index contributed by atoms with van der Waals surface area (Å²) < 4.78 is 22.2. The van der Waals surface area contributed by atoms with Gasteiger partial charge in [0.1, 0.15) is 3.79 Å². The Morgan fingerprint density at radius 2 is 2.07 bits per heavy atom. The first-order valence-corrected chi connectivity index (χ1v) is 7.05. The van der Waals surface area contributed by atoms with Crippen molar-refractivity contribution in [1.82, 2.24) is 0 Å². The molecule has 9 heteroatoms. The van der Waals surface area contributed by atoms with Gasteiger partial charge < -0.3 is 0 Å². The molecule has 0 radical (unpaired) electrons. The Hall–Kier alpha value is -0.180. The SMILES string of the molecule is Cc1sc(Br)c([N+](=O)[O-])c1S(=O)(=O)Cl. The lowest BCUT2D eigenvalue weighted by Gasteiger charge is -1.93. The smallest absolute Gasteiger partial charge is 0.258 e. The van der Waals surface area contributed by atoms with Crippen LogP contribution in [0.3, 0.4) is 0 Å². The van der Waals surface area contributed by atoms with E-state index in [4.69, 9.17) is 10.7 Å². The van der Waals surface area contributed by atoms with Crippen molar-refractivity contribution in [3.63, 3.8) is 0 Å². The summed E-state index contributed by atoms with van der Waals surface area (Å²) in [5.74, 6) is 0. The third kappa shape index (κ3) is 2.08. The second-order valence-electron chi connectivity index (χ2n) is 2.30. The Bertz CT molecular complexity index is 494. The van der Waals surface area contributed by atoms with Gasteiger partial charge in [-0.25, -0.2) is 8.42 Å². The van der Waals surface area contributed by atoms with Gasteiger partial charge in [0.15, 0.2) is 4.90 Å². The van der Waals surface area contributed by atoms with Gasteiger partial charge in [0.2, 0.25) is 0 Å². The Morgan fingerprint density at radius 3 is 2.36 bits per heavy atom. The number of hydrogen-bond donors (Lipinski definition) is 0. The topological polar surface area (TPSA) is 77.3 Å². The predicted molar refractivity (Wildman–Crippen MR) is 56.4 cm³/mol. The summed E-state index contributed by atoms with van der Waals surface area (Å²) in [7, 11) is 1.00. The first kappa shape index (κ1) is 11.9. The molecule has 0 N–H and O–H groups in total. The molecule has 0 atom stereocenters. The van der Waals surface area contributed by atoms with Crippen molar-refractivity contribution in [3.05, 3.63) is 18.8 Å². The van der Waals surface area contributed by atoms with E-state index in [0.717, 1.165) is 11.3 Å². The quantitative estimate of drug-likeness (QED) is 0.477. The van der Waals surface area contributed by atoms with Gasteiger partial charge in [-0.15, -0.1) is 11.3 Å². The second kappa shape index (κ2) is 3.76. The molecule has 0 unspecified atom stereocenters. The van der Waals surface area contributed by atoms with Crippen LogP contribution in [0.4, 0.5) is 5.69 Å². The lowest BCUT2D eigenvalue weighted by Crippen LogP contribution is -1.97.